The number of hydrogen-bond donors (Lipinski definition) is 1. The first-order valence-corrected chi connectivity index (χ1v) is 10.4. The van der Waals surface area contributed by atoms with Crippen molar-refractivity contribution >= 4 is 17.5 Å². The molecule has 2 aromatic heterocycles. The Morgan fingerprint density at radius 2 is 1.84 bits per heavy atom. The van der Waals surface area contributed by atoms with Crippen molar-refractivity contribution in [3.63, 3.8) is 0 Å². The van der Waals surface area contributed by atoms with E-state index in [4.69, 9.17) is 4.74 Å². The molecule has 1 fully saturated rings. The number of para-hydroxylation sites is 1. The fourth-order valence-corrected chi connectivity index (χ4v) is 3.84. The lowest BCUT2D eigenvalue weighted by Gasteiger charge is -2.27. The summed E-state index contributed by atoms with van der Waals surface area (Å²) < 4.78 is 8.71. The monoisotopic (exact) mass is 422 g/mol. The summed E-state index contributed by atoms with van der Waals surface area (Å²) in [6, 6.07) is 9.65. The van der Waals surface area contributed by atoms with E-state index in [0.29, 0.717) is 55.5 Å². The van der Waals surface area contributed by atoms with Crippen molar-refractivity contribution in [2.45, 2.75) is 27.3 Å². The number of amides is 2. The van der Waals surface area contributed by atoms with E-state index in [-0.39, 0.29) is 11.8 Å². The molecule has 0 saturated carbocycles. The van der Waals surface area contributed by atoms with E-state index in [2.05, 4.69) is 15.5 Å². The second kappa shape index (κ2) is 8.73. The number of carbonyl (C=O) groups is 2. The van der Waals surface area contributed by atoms with Gasteiger partial charge in [-0.1, -0.05) is 18.2 Å². The van der Waals surface area contributed by atoms with Crippen LogP contribution in [0.3, 0.4) is 0 Å². The Morgan fingerprint density at radius 1 is 1.13 bits per heavy atom. The molecule has 3 heterocycles. The van der Waals surface area contributed by atoms with E-state index >= 15 is 0 Å². The summed E-state index contributed by atoms with van der Waals surface area (Å²) in [7, 11) is 0. The van der Waals surface area contributed by atoms with E-state index in [1.807, 2.05) is 44.2 Å². The number of nitrogens with one attached hydrogen (secondary N) is 1. The molecule has 1 aliphatic heterocycles. The number of aromatic nitrogens is 4. The van der Waals surface area contributed by atoms with Crippen molar-refractivity contribution in [2.75, 3.05) is 31.6 Å². The van der Waals surface area contributed by atoms with Gasteiger partial charge in [0.2, 0.25) is 0 Å². The number of carbonyl (C=O) groups excluding carboxylic acids is 2. The number of rotatable bonds is 5. The molecule has 4 rings (SSSR count). The van der Waals surface area contributed by atoms with Gasteiger partial charge >= 0.3 is 0 Å². The van der Waals surface area contributed by atoms with Crippen molar-refractivity contribution in [1.82, 2.24) is 24.5 Å². The predicted octanol–water partition coefficient (Wildman–Crippen LogP) is 2.43. The van der Waals surface area contributed by atoms with Crippen molar-refractivity contribution in [3.8, 4) is 5.69 Å². The van der Waals surface area contributed by atoms with Gasteiger partial charge in [0.15, 0.2) is 0 Å². The van der Waals surface area contributed by atoms with Crippen molar-refractivity contribution in [1.29, 1.82) is 0 Å². The summed E-state index contributed by atoms with van der Waals surface area (Å²) in [4.78, 5) is 28.1. The fraction of sp³-hybridized carbons (Fsp3) is 0.364. The van der Waals surface area contributed by atoms with Gasteiger partial charge in [-0.2, -0.15) is 10.2 Å². The number of morpholine rings is 1. The highest BCUT2D eigenvalue weighted by atomic mass is 16.5. The summed E-state index contributed by atoms with van der Waals surface area (Å²) in [5.74, 6) is -0.477. The van der Waals surface area contributed by atoms with Gasteiger partial charge in [-0.05, 0) is 32.9 Å². The van der Waals surface area contributed by atoms with Gasteiger partial charge in [-0.3, -0.25) is 14.3 Å². The molecule has 0 radical (unpaired) electrons. The van der Waals surface area contributed by atoms with Crippen molar-refractivity contribution < 1.29 is 14.3 Å². The zero-order valence-corrected chi connectivity index (χ0v) is 18.0. The minimum absolute atomic E-state index is 0.161. The normalized spacial score (nSPS) is 14.0. The summed E-state index contributed by atoms with van der Waals surface area (Å²) in [5, 5.41) is 11.7. The van der Waals surface area contributed by atoms with Crippen LogP contribution >= 0.6 is 0 Å². The number of nitrogens with zero attached hydrogens (tertiary/aromatic N) is 5. The molecular formula is C22H26N6O3. The van der Waals surface area contributed by atoms with Gasteiger partial charge in [-0.25, -0.2) is 4.68 Å². The number of ether oxygens (including phenoxy) is 1. The van der Waals surface area contributed by atoms with Gasteiger partial charge < -0.3 is 15.0 Å². The van der Waals surface area contributed by atoms with Gasteiger partial charge in [0.25, 0.3) is 11.8 Å². The lowest BCUT2D eigenvalue weighted by Crippen LogP contribution is -2.41. The average Bonchev–Trinajstić information content (AvgIpc) is 3.33. The first-order chi connectivity index (χ1) is 15.0. The third-order valence-corrected chi connectivity index (χ3v) is 5.41. The van der Waals surface area contributed by atoms with Crippen LogP contribution in [0.25, 0.3) is 5.69 Å². The Morgan fingerprint density at radius 3 is 2.52 bits per heavy atom. The molecule has 31 heavy (non-hydrogen) atoms. The van der Waals surface area contributed by atoms with E-state index in [0.717, 1.165) is 11.4 Å². The van der Waals surface area contributed by atoms with E-state index in [9.17, 15) is 9.59 Å². The topological polar surface area (TPSA) is 94.3 Å². The number of benzene rings is 1. The van der Waals surface area contributed by atoms with Gasteiger partial charge in [-0.15, -0.1) is 0 Å². The fourth-order valence-electron chi connectivity index (χ4n) is 3.84. The standard InChI is InChI=1S/C22H26N6O3/c1-4-27-20(22(30)26-10-12-31-13-11-26)18(14-23-27)24-21(29)19-15(2)25-28(16(19)3)17-8-6-5-7-9-17/h5-9,14H,4,10-13H2,1-3H3,(H,24,29). The largest absolute Gasteiger partial charge is 0.378 e. The maximum absolute atomic E-state index is 13.2. The Hall–Kier alpha value is -3.46. The SMILES string of the molecule is CCn1ncc(NC(=O)c2c(C)nn(-c3ccccc3)c2C)c1C(=O)N1CCOCC1. The zero-order valence-electron chi connectivity index (χ0n) is 18.0. The molecular weight excluding hydrogens is 396 g/mol. The molecule has 3 aromatic rings. The second-order valence-electron chi connectivity index (χ2n) is 7.37. The third kappa shape index (κ3) is 3.96. The van der Waals surface area contributed by atoms with Crippen LogP contribution in [0.4, 0.5) is 5.69 Å². The number of hydrogen-bond acceptors (Lipinski definition) is 5. The Balaban J connectivity index is 1.63. The average molecular weight is 422 g/mol. The zero-order chi connectivity index (χ0) is 22.0. The van der Waals surface area contributed by atoms with E-state index < -0.39 is 0 Å². The summed E-state index contributed by atoms with van der Waals surface area (Å²) in [6.07, 6.45) is 1.53. The molecule has 2 amide bonds. The smallest absolute Gasteiger partial charge is 0.274 e. The first-order valence-electron chi connectivity index (χ1n) is 10.4. The van der Waals surface area contributed by atoms with Gasteiger partial charge in [0.1, 0.15) is 5.69 Å². The van der Waals surface area contributed by atoms with Crippen LogP contribution in [0.2, 0.25) is 0 Å². The van der Waals surface area contributed by atoms with Crippen molar-refractivity contribution in [3.05, 3.63) is 59.2 Å². The molecule has 1 aliphatic rings. The highest BCUT2D eigenvalue weighted by Crippen LogP contribution is 2.22. The molecule has 162 valence electrons. The highest BCUT2D eigenvalue weighted by molar-refractivity contribution is 6.09. The van der Waals surface area contributed by atoms with Crippen LogP contribution < -0.4 is 5.32 Å². The minimum Gasteiger partial charge on any atom is -0.378 e. The van der Waals surface area contributed by atoms with Gasteiger partial charge in [0, 0.05) is 19.6 Å². The molecule has 9 nitrogen and oxygen atoms in total. The molecule has 0 atom stereocenters. The molecule has 0 aliphatic carbocycles. The van der Waals surface area contributed by atoms with Gasteiger partial charge in [0.05, 0.1) is 47.7 Å². The Labute approximate surface area is 180 Å². The highest BCUT2D eigenvalue weighted by Gasteiger charge is 2.27. The Bertz CT molecular complexity index is 1100. The Kier molecular flexibility index (Phi) is 5.85. The van der Waals surface area contributed by atoms with E-state index in [1.165, 1.54) is 6.20 Å². The molecule has 0 bridgehead atoms. The minimum atomic E-state index is -0.316. The van der Waals surface area contributed by atoms with E-state index in [1.54, 1.807) is 21.2 Å². The van der Waals surface area contributed by atoms with Crippen LogP contribution in [0.1, 0.15) is 39.2 Å². The molecule has 0 unspecified atom stereocenters. The lowest BCUT2D eigenvalue weighted by atomic mass is 10.1. The molecule has 1 saturated heterocycles. The molecule has 1 aromatic carbocycles. The predicted molar refractivity (Wildman–Crippen MR) is 116 cm³/mol. The third-order valence-electron chi connectivity index (χ3n) is 5.41. The maximum atomic E-state index is 13.2. The summed E-state index contributed by atoms with van der Waals surface area (Å²) in [6.45, 7) is 8.13. The van der Waals surface area contributed by atoms with Crippen molar-refractivity contribution in [2.24, 2.45) is 0 Å². The van der Waals surface area contributed by atoms with Crippen LogP contribution in [0.15, 0.2) is 36.5 Å². The van der Waals surface area contributed by atoms with Crippen LogP contribution in [0.5, 0.6) is 0 Å². The molecule has 1 N–H and O–H groups in total. The van der Waals surface area contributed by atoms with Crippen LogP contribution in [-0.4, -0.2) is 62.6 Å². The molecule has 0 spiro atoms. The molecule has 9 heteroatoms. The quantitative estimate of drug-likeness (QED) is 0.682. The lowest BCUT2D eigenvalue weighted by molar-refractivity contribution is 0.0295. The summed E-state index contributed by atoms with van der Waals surface area (Å²) in [5.41, 5.74) is 3.48. The number of anilines is 1. The summed E-state index contributed by atoms with van der Waals surface area (Å²) >= 11 is 0. The number of aryl methyl sites for hydroxylation is 2. The second-order valence-corrected chi connectivity index (χ2v) is 7.37. The maximum Gasteiger partial charge on any atom is 0.274 e. The van der Waals surface area contributed by atoms with Crippen LogP contribution in [-0.2, 0) is 11.3 Å². The van der Waals surface area contributed by atoms with Crippen LogP contribution in [0, 0.1) is 13.8 Å². The first kappa shape index (κ1) is 20.8.